The first kappa shape index (κ1) is 24.2. The Morgan fingerprint density at radius 2 is 1.77 bits per heavy atom. The van der Waals surface area contributed by atoms with Gasteiger partial charge in [-0.25, -0.2) is 9.18 Å². The summed E-state index contributed by atoms with van der Waals surface area (Å²) >= 11 is 0. The number of likely N-dealkylation sites (tertiary alicyclic amines) is 1. The van der Waals surface area contributed by atoms with E-state index in [4.69, 9.17) is 4.74 Å². The highest BCUT2D eigenvalue weighted by atomic mass is 19.4. The maximum absolute atomic E-state index is 13.5. The molecule has 0 N–H and O–H groups in total. The normalized spacial score (nSPS) is 16.7. The number of carbonyl (C=O) groups is 2. The minimum Gasteiger partial charge on any atom is -0.464 e. The second-order valence-electron chi connectivity index (χ2n) is 7.63. The van der Waals surface area contributed by atoms with E-state index in [-0.39, 0.29) is 13.2 Å². The van der Waals surface area contributed by atoms with Crippen LogP contribution < -0.4 is 0 Å². The summed E-state index contributed by atoms with van der Waals surface area (Å²) in [6.45, 7) is 2.50. The summed E-state index contributed by atoms with van der Waals surface area (Å²) in [6, 6.07) is 0.848. The fourth-order valence-electron chi connectivity index (χ4n) is 3.68. The van der Waals surface area contributed by atoms with Crippen molar-refractivity contribution in [2.24, 2.45) is 0 Å². The molecule has 1 saturated heterocycles. The lowest BCUT2D eigenvalue weighted by atomic mass is 10.0. The highest BCUT2D eigenvalue weighted by Gasteiger charge is 2.40. The number of hydrogen-bond donors (Lipinski definition) is 0. The molecule has 1 amide bonds. The molecule has 1 fully saturated rings. The van der Waals surface area contributed by atoms with Crippen LogP contribution in [0.3, 0.4) is 0 Å². The third-order valence-corrected chi connectivity index (χ3v) is 5.30. The van der Waals surface area contributed by atoms with Crippen LogP contribution in [-0.2, 0) is 15.7 Å². The van der Waals surface area contributed by atoms with Gasteiger partial charge in [-0.1, -0.05) is 45.4 Å². The zero-order chi connectivity index (χ0) is 22.1. The molecule has 0 aromatic heterocycles. The maximum atomic E-state index is 13.5. The predicted molar refractivity (Wildman–Crippen MR) is 104 cm³/mol. The number of hydrogen-bond acceptors (Lipinski definition) is 3. The van der Waals surface area contributed by atoms with Gasteiger partial charge < -0.3 is 9.64 Å². The van der Waals surface area contributed by atoms with Crippen molar-refractivity contribution in [3.05, 3.63) is 35.1 Å². The number of ether oxygens (including phenoxy) is 1. The first-order chi connectivity index (χ1) is 14.3. The van der Waals surface area contributed by atoms with E-state index < -0.39 is 41.0 Å². The molecule has 1 heterocycles. The van der Waals surface area contributed by atoms with E-state index in [0.717, 1.165) is 24.2 Å². The van der Waals surface area contributed by atoms with Crippen LogP contribution in [0.2, 0.25) is 0 Å². The predicted octanol–water partition coefficient (Wildman–Crippen LogP) is 5.74. The molecule has 0 aliphatic carbocycles. The lowest BCUT2D eigenvalue weighted by Crippen LogP contribution is -2.42. The standard InChI is InChI=1S/C22H29F4NO3/c1-2-3-4-5-6-7-8-14-30-21(29)19-10-9-13-27(19)20(28)17-15-16(23)11-12-18(17)22(24,25)26/h11-12,15,19H,2-10,13-14H2,1H3. The van der Waals surface area contributed by atoms with Gasteiger partial charge in [0.05, 0.1) is 17.7 Å². The van der Waals surface area contributed by atoms with Crippen molar-refractivity contribution in [2.75, 3.05) is 13.2 Å². The Morgan fingerprint density at radius 3 is 2.43 bits per heavy atom. The third kappa shape index (κ3) is 6.71. The van der Waals surface area contributed by atoms with E-state index in [2.05, 4.69) is 6.92 Å². The van der Waals surface area contributed by atoms with Gasteiger partial charge in [-0.2, -0.15) is 13.2 Å². The summed E-state index contributed by atoms with van der Waals surface area (Å²) in [6.07, 6.45) is 3.41. The molecule has 4 nitrogen and oxygen atoms in total. The highest BCUT2D eigenvalue weighted by molar-refractivity contribution is 5.98. The molecular formula is C22H29F4NO3. The first-order valence-electron chi connectivity index (χ1n) is 10.6. The van der Waals surface area contributed by atoms with Crippen molar-refractivity contribution in [1.29, 1.82) is 0 Å². The number of benzene rings is 1. The second kappa shape index (κ2) is 11.3. The van der Waals surface area contributed by atoms with Crippen molar-refractivity contribution in [3.63, 3.8) is 0 Å². The minimum absolute atomic E-state index is 0.129. The Kier molecular flexibility index (Phi) is 9.11. The zero-order valence-corrected chi connectivity index (χ0v) is 17.3. The fraction of sp³-hybridized carbons (Fsp3) is 0.636. The quantitative estimate of drug-likeness (QED) is 0.270. The summed E-state index contributed by atoms with van der Waals surface area (Å²) in [7, 11) is 0. The molecule has 1 aliphatic rings. The zero-order valence-electron chi connectivity index (χ0n) is 17.3. The molecule has 1 unspecified atom stereocenters. The molecule has 1 aromatic carbocycles. The highest BCUT2D eigenvalue weighted by Crippen LogP contribution is 2.34. The van der Waals surface area contributed by atoms with Crippen LogP contribution in [0.15, 0.2) is 18.2 Å². The van der Waals surface area contributed by atoms with Gasteiger partial charge in [0, 0.05) is 6.54 Å². The van der Waals surface area contributed by atoms with Crippen molar-refractivity contribution in [1.82, 2.24) is 4.90 Å². The summed E-state index contributed by atoms with van der Waals surface area (Å²) in [5, 5.41) is 0. The van der Waals surface area contributed by atoms with Gasteiger partial charge in [-0.05, 0) is 37.5 Å². The smallest absolute Gasteiger partial charge is 0.417 e. The van der Waals surface area contributed by atoms with Gasteiger partial charge in [0.15, 0.2) is 0 Å². The van der Waals surface area contributed by atoms with E-state index >= 15 is 0 Å². The largest absolute Gasteiger partial charge is 0.464 e. The van der Waals surface area contributed by atoms with Crippen LogP contribution >= 0.6 is 0 Å². The summed E-state index contributed by atoms with van der Waals surface area (Å²) in [5.41, 5.74) is -2.00. The monoisotopic (exact) mass is 431 g/mol. The Morgan fingerprint density at radius 1 is 1.10 bits per heavy atom. The van der Waals surface area contributed by atoms with Gasteiger partial charge in [-0.15, -0.1) is 0 Å². The molecule has 0 radical (unpaired) electrons. The van der Waals surface area contributed by atoms with Crippen LogP contribution in [0.25, 0.3) is 0 Å². The molecule has 0 spiro atoms. The van der Waals surface area contributed by atoms with E-state index in [1.807, 2.05) is 0 Å². The number of rotatable bonds is 10. The average molecular weight is 431 g/mol. The molecule has 8 heteroatoms. The van der Waals surface area contributed by atoms with E-state index in [1.54, 1.807) is 0 Å². The van der Waals surface area contributed by atoms with Crippen LogP contribution in [-0.4, -0.2) is 36.0 Å². The van der Waals surface area contributed by atoms with Gasteiger partial charge in [0.2, 0.25) is 0 Å². The number of alkyl halides is 3. The number of amides is 1. The molecule has 2 rings (SSSR count). The van der Waals surface area contributed by atoms with Gasteiger partial charge in [0.25, 0.3) is 5.91 Å². The first-order valence-corrected chi connectivity index (χ1v) is 10.6. The maximum Gasteiger partial charge on any atom is 0.417 e. The third-order valence-electron chi connectivity index (χ3n) is 5.30. The van der Waals surface area contributed by atoms with E-state index in [1.165, 1.54) is 19.3 Å². The van der Waals surface area contributed by atoms with Crippen LogP contribution in [0.1, 0.15) is 80.6 Å². The Hall–Kier alpha value is -2.12. The number of carbonyl (C=O) groups excluding carboxylic acids is 2. The lowest BCUT2D eigenvalue weighted by Gasteiger charge is -2.24. The Labute approximate surface area is 174 Å². The van der Waals surface area contributed by atoms with Crippen LogP contribution in [0.5, 0.6) is 0 Å². The number of nitrogens with zero attached hydrogens (tertiary/aromatic N) is 1. The number of esters is 1. The lowest BCUT2D eigenvalue weighted by molar-refractivity contribution is -0.148. The molecule has 30 heavy (non-hydrogen) atoms. The summed E-state index contributed by atoms with van der Waals surface area (Å²) in [4.78, 5) is 26.2. The van der Waals surface area contributed by atoms with E-state index in [0.29, 0.717) is 37.5 Å². The van der Waals surface area contributed by atoms with Crippen LogP contribution in [0, 0.1) is 5.82 Å². The average Bonchev–Trinajstić information content (AvgIpc) is 3.18. The van der Waals surface area contributed by atoms with Gasteiger partial charge >= 0.3 is 12.1 Å². The molecule has 0 bridgehead atoms. The second-order valence-corrected chi connectivity index (χ2v) is 7.63. The van der Waals surface area contributed by atoms with Gasteiger partial charge in [-0.3, -0.25) is 4.79 Å². The summed E-state index contributed by atoms with van der Waals surface area (Å²) < 4.78 is 58.5. The van der Waals surface area contributed by atoms with Crippen molar-refractivity contribution in [2.45, 2.75) is 76.9 Å². The molecule has 1 aliphatic heterocycles. The SMILES string of the molecule is CCCCCCCCCOC(=O)C1CCCN1C(=O)c1cc(F)ccc1C(F)(F)F. The Balaban J connectivity index is 1.93. The van der Waals surface area contributed by atoms with Gasteiger partial charge in [0.1, 0.15) is 11.9 Å². The minimum atomic E-state index is -4.80. The number of unbranched alkanes of at least 4 members (excludes halogenated alkanes) is 6. The van der Waals surface area contributed by atoms with Crippen molar-refractivity contribution < 1.29 is 31.9 Å². The summed E-state index contributed by atoms with van der Waals surface area (Å²) in [5.74, 6) is -2.56. The number of halogens is 4. The van der Waals surface area contributed by atoms with Crippen molar-refractivity contribution in [3.8, 4) is 0 Å². The molecular weight excluding hydrogens is 402 g/mol. The van der Waals surface area contributed by atoms with Crippen LogP contribution in [0.4, 0.5) is 17.6 Å². The Bertz CT molecular complexity index is 721. The molecule has 1 atom stereocenters. The molecule has 168 valence electrons. The van der Waals surface area contributed by atoms with E-state index in [9.17, 15) is 27.2 Å². The topological polar surface area (TPSA) is 46.6 Å². The van der Waals surface area contributed by atoms with Crippen molar-refractivity contribution >= 4 is 11.9 Å². The molecule has 1 aromatic rings. The fourth-order valence-corrected chi connectivity index (χ4v) is 3.68. The molecule has 0 saturated carbocycles.